The van der Waals surface area contributed by atoms with Crippen molar-refractivity contribution in [3.63, 3.8) is 0 Å². The molecule has 0 aliphatic carbocycles. The lowest BCUT2D eigenvalue weighted by molar-refractivity contribution is -0.127. The van der Waals surface area contributed by atoms with Crippen molar-refractivity contribution in [2.24, 2.45) is 0 Å². The summed E-state index contributed by atoms with van der Waals surface area (Å²) in [4.78, 5) is 13.8. The van der Waals surface area contributed by atoms with Gasteiger partial charge in [0, 0.05) is 13.1 Å². The number of tetrazole rings is 1. The Hall–Kier alpha value is -2.52. The highest BCUT2D eigenvalue weighted by Gasteiger charge is 2.16. The highest BCUT2D eigenvalue weighted by Crippen LogP contribution is 2.15. The lowest BCUT2D eigenvalue weighted by Gasteiger charge is -2.18. The Kier molecular flexibility index (Phi) is 6.21. The fourth-order valence-corrected chi connectivity index (χ4v) is 2.06. The van der Waals surface area contributed by atoms with Crippen molar-refractivity contribution >= 4 is 5.91 Å². The topological polar surface area (TPSA) is 105 Å². The Bertz CT molecular complexity index is 629. The van der Waals surface area contributed by atoms with Gasteiger partial charge in [-0.15, -0.1) is 5.10 Å². The van der Waals surface area contributed by atoms with Crippen molar-refractivity contribution in [3.8, 4) is 11.4 Å². The number of carbonyl (C=O) groups excluding carboxylic acids is 1. The number of aliphatic hydroxyl groups excluding tert-OH is 1. The number of amides is 1. The van der Waals surface area contributed by atoms with Gasteiger partial charge in [0.1, 0.15) is 12.1 Å². The predicted octanol–water partition coefficient (Wildman–Crippen LogP) is -0.532. The lowest BCUT2D eigenvalue weighted by atomic mass is 10.3. The summed E-state index contributed by atoms with van der Waals surface area (Å²) in [5, 5.41) is 23.3. The molecule has 2 unspecified atom stereocenters. The minimum Gasteiger partial charge on any atom is -0.481 e. The number of hydrogen-bond acceptors (Lipinski definition) is 7. The second-order valence-electron chi connectivity index (χ2n) is 5.67. The Labute approximate surface area is 140 Å². The van der Waals surface area contributed by atoms with Crippen LogP contribution in [-0.2, 0) is 4.79 Å². The number of carbonyl (C=O) groups is 1. The highest BCUT2D eigenvalue weighted by atomic mass is 16.5. The molecule has 2 atom stereocenters. The molecule has 1 amide bonds. The molecule has 1 aromatic carbocycles. The van der Waals surface area contributed by atoms with Gasteiger partial charge in [0.15, 0.2) is 6.10 Å². The molecule has 24 heavy (non-hydrogen) atoms. The van der Waals surface area contributed by atoms with E-state index in [4.69, 9.17) is 4.74 Å². The van der Waals surface area contributed by atoms with Crippen LogP contribution in [0.25, 0.3) is 5.69 Å². The molecule has 0 bridgehead atoms. The highest BCUT2D eigenvalue weighted by molar-refractivity contribution is 5.80. The van der Waals surface area contributed by atoms with Crippen LogP contribution >= 0.6 is 0 Å². The van der Waals surface area contributed by atoms with Gasteiger partial charge in [-0.3, -0.25) is 4.79 Å². The van der Waals surface area contributed by atoms with Gasteiger partial charge in [0.05, 0.1) is 11.8 Å². The van der Waals surface area contributed by atoms with E-state index in [0.29, 0.717) is 12.3 Å². The molecule has 9 heteroatoms. The number of nitrogens with one attached hydrogen (secondary N) is 1. The zero-order chi connectivity index (χ0) is 17.5. The van der Waals surface area contributed by atoms with Crippen molar-refractivity contribution in [1.82, 2.24) is 30.4 Å². The third-order valence-electron chi connectivity index (χ3n) is 3.22. The van der Waals surface area contributed by atoms with Gasteiger partial charge in [-0.1, -0.05) is 0 Å². The minimum atomic E-state index is -0.671. The number of likely N-dealkylation sites (N-methyl/N-ethyl adjacent to an activating group) is 1. The van der Waals surface area contributed by atoms with E-state index in [-0.39, 0.29) is 12.5 Å². The van der Waals surface area contributed by atoms with E-state index < -0.39 is 12.2 Å². The van der Waals surface area contributed by atoms with Crippen LogP contribution in [0, 0.1) is 0 Å². The van der Waals surface area contributed by atoms with Crippen LogP contribution in [0.15, 0.2) is 30.6 Å². The Balaban J connectivity index is 1.83. The molecule has 0 fully saturated rings. The maximum Gasteiger partial charge on any atom is 0.260 e. The molecular formula is C15H22N6O3. The van der Waals surface area contributed by atoms with Crippen molar-refractivity contribution < 1.29 is 14.6 Å². The van der Waals surface area contributed by atoms with Gasteiger partial charge < -0.3 is 20.1 Å². The monoisotopic (exact) mass is 334 g/mol. The number of hydrogen-bond donors (Lipinski definition) is 2. The number of aliphatic hydroxyl groups is 1. The van der Waals surface area contributed by atoms with Crippen LogP contribution in [0.1, 0.15) is 6.92 Å². The van der Waals surface area contributed by atoms with E-state index in [9.17, 15) is 9.90 Å². The van der Waals surface area contributed by atoms with E-state index in [2.05, 4.69) is 20.8 Å². The summed E-state index contributed by atoms with van der Waals surface area (Å²) in [6.07, 6.45) is 0.201. The summed E-state index contributed by atoms with van der Waals surface area (Å²) in [5.74, 6) is 0.278. The van der Waals surface area contributed by atoms with Crippen molar-refractivity contribution in [2.45, 2.75) is 19.1 Å². The van der Waals surface area contributed by atoms with Crippen molar-refractivity contribution in [2.75, 3.05) is 27.2 Å². The van der Waals surface area contributed by atoms with Gasteiger partial charge in [-0.05, 0) is 55.7 Å². The normalized spacial score (nSPS) is 13.5. The molecule has 0 aliphatic rings. The first-order valence-corrected chi connectivity index (χ1v) is 7.56. The van der Waals surface area contributed by atoms with Crippen LogP contribution in [0.5, 0.6) is 5.75 Å². The number of nitrogens with zero attached hydrogens (tertiary/aromatic N) is 5. The minimum absolute atomic E-state index is 0.183. The summed E-state index contributed by atoms with van der Waals surface area (Å²) < 4.78 is 7.12. The predicted molar refractivity (Wildman–Crippen MR) is 86.8 cm³/mol. The summed E-state index contributed by atoms with van der Waals surface area (Å²) in [6, 6.07) is 7.05. The van der Waals surface area contributed by atoms with E-state index in [0.717, 1.165) is 5.69 Å². The third-order valence-corrected chi connectivity index (χ3v) is 3.22. The first-order chi connectivity index (χ1) is 11.5. The van der Waals surface area contributed by atoms with Crippen LogP contribution in [-0.4, -0.2) is 75.5 Å². The molecule has 130 valence electrons. The molecule has 2 N–H and O–H groups in total. The molecule has 9 nitrogen and oxygen atoms in total. The summed E-state index contributed by atoms with van der Waals surface area (Å²) in [5.41, 5.74) is 0.788. The summed E-state index contributed by atoms with van der Waals surface area (Å²) in [6.45, 7) is 2.32. The van der Waals surface area contributed by atoms with E-state index in [1.165, 1.54) is 11.0 Å². The smallest absolute Gasteiger partial charge is 0.260 e. The maximum absolute atomic E-state index is 12.0. The summed E-state index contributed by atoms with van der Waals surface area (Å²) >= 11 is 0. The van der Waals surface area contributed by atoms with Gasteiger partial charge in [-0.25, -0.2) is 4.68 Å². The standard InChI is InChI=1S/C15H22N6O3/c1-11(15(23)16-8-13(22)9-20(2)3)24-14-6-4-12(5-7-14)21-10-17-18-19-21/h4-7,10-11,13,22H,8-9H2,1-3H3,(H,16,23). The first kappa shape index (κ1) is 17.8. The van der Waals surface area contributed by atoms with Crippen molar-refractivity contribution in [3.05, 3.63) is 30.6 Å². The molecule has 2 rings (SSSR count). The lowest BCUT2D eigenvalue weighted by Crippen LogP contribution is -2.42. The van der Waals surface area contributed by atoms with Crippen LogP contribution in [0.4, 0.5) is 0 Å². The average Bonchev–Trinajstić information content (AvgIpc) is 3.07. The Morgan fingerprint density at radius 3 is 2.67 bits per heavy atom. The summed E-state index contributed by atoms with van der Waals surface area (Å²) in [7, 11) is 3.71. The zero-order valence-corrected chi connectivity index (χ0v) is 14.0. The SMILES string of the molecule is CC(Oc1ccc(-n2cnnn2)cc1)C(=O)NCC(O)CN(C)C. The van der Waals surface area contributed by atoms with E-state index in [1.807, 2.05) is 19.0 Å². The first-order valence-electron chi connectivity index (χ1n) is 7.56. The van der Waals surface area contributed by atoms with Gasteiger partial charge in [-0.2, -0.15) is 0 Å². The Morgan fingerprint density at radius 1 is 1.38 bits per heavy atom. The van der Waals surface area contributed by atoms with Crippen LogP contribution < -0.4 is 10.1 Å². The molecule has 2 aromatic rings. The molecule has 1 heterocycles. The fraction of sp³-hybridized carbons (Fsp3) is 0.467. The molecule has 0 radical (unpaired) electrons. The van der Waals surface area contributed by atoms with E-state index in [1.54, 1.807) is 31.2 Å². The third kappa shape index (κ3) is 5.28. The molecule has 0 saturated carbocycles. The van der Waals surface area contributed by atoms with Gasteiger partial charge >= 0.3 is 0 Å². The number of ether oxygens (including phenoxy) is 1. The molecular weight excluding hydrogens is 312 g/mol. The van der Waals surface area contributed by atoms with E-state index >= 15 is 0 Å². The largest absolute Gasteiger partial charge is 0.481 e. The molecule has 0 saturated heterocycles. The zero-order valence-electron chi connectivity index (χ0n) is 14.0. The molecule has 1 aromatic heterocycles. The molecule has 0 aliphatic heterocycles. The number of rotatable bonds is 8. The second-order valence-corrected chi connectivity index (χ2v) is 5.67. The average molecular weight is 334 g/mol. The van der Waals surface area contributed by atoms with Crippen molar-refractivity contribution in [1.29, 1.82) is 0 Å². The van der Waals surface area contributed by atoms with Gasteiger partial charge in [0.2, 0.25) is 0 Å². The second kappa shape index (κ2) is 8.37. The Morgan fingerprint density at radius 2 is 2.08 bits per heavy atom. The maximum atomic E-state index is 12.0. The fourth-order valence-electron chi connectivity index (χ4n) is 2.06. The van der Waals surface area contributed by atoms with Crippen LogP contribution in [0.2, 0.25) is 0 Å². The molecule has 0 spiro atoms. The number of benzene rings is 1. The van der Waals surface area contributed by atoms with Gasteiger partial charge in [0.25, 0.3) is 5.91 Å². The van der Waals surface area contributed by atoms with Crippen LogP contribution in [0.3, 0.4) is 0 Å². The quantitative estimate of drug-likeness (QED) is 0.668. The number of aromatic nitrogens is 4.